The zero-order valence-electron chi connectivity index (χ0n) is 12.8. The summed E-state index contributed by atoms with van der Waals surface area (Å²) in [6, 6.07) is 0.117. The van der Waals surface area contributed by atoms with Crippen molar-refractivity contribution >= 4 is 11.9 Å². The Morgan fingerprint density at radius 2 is 1.90 bits per heavy atom. The van der Waals surface area contributed by atoms with Crippen LogP contribution in [0, 0.1) is 0 Å². The molecule has 0 bridgehead atoms. The van der Waals surface area contributed by atoms with Crippen LogP contribution in [-0.2, 0) is 4.79 Å². The van der Waals surface area contributed by atoms with Crippen LogP contribution in [0.15, 0.2) is 4.99 Å². The molecule has 0 aliphatic heterocycles. The minimum Gasteiger partial charge on any atom is -0.357 e. The monoisotopic (exact) mass is 310 g/mol. The minimum absolute atomic E-state index is 0.0945. The number of nitrogens with zero attached hydrogens (tertiary/aromatic N) is 1. The molecule has 0 aromatic rings. The predicted molar refractivity (Wildman–Crippen MR) is 77.2 cm³/mol. The van der Waals surface area contributed by atoms with Crippen LogP contribution in [-0.4, -0.2) is 43.7 Å². The number of hydrogen-bond acceptors (Lipinski definition) is 2. The Hall–Kier alpha value is -1.47. The van der Waals surface area contributed by atoms with Gasteiger partial charge < -0.3 is 16.0 Å². The first-order chi connectivity index (χ1) is 9.78. The molecule has 0 radical (unpaired) electrons. The van der Waals surface area contributed by atoms with Crippen molar-refractivity contribution in [2.75, 3.05) is 19.6 Å². The lowest BCUT2D eigenvalue weighted by Gasteiger charge is -2.13. The van der Waals surface area contributed by atoms with Crippen LogP contribution in [0.1, 0.15) is 40.0 Å². The van der Waals surface area contributed by atoms with Gasteiger partial charge in [-0.25, -0.2) is 0 Å². The number of nitrogens with one attached hydrogen (secondary N) is 3. The lowest BCUT2D eigenvalue weighted by atomic mass is 10.2. The third-order valence-corrected chi connectivity index (χ3v) is 2.67. The summed E-state index contributed by atoms with van der Waals surface area (Å²) in [5.74, 6) is 0.195. The number of rotatable bonds is 8. The molecular weight excluding hydrogens is 285 g/mol. The second-order valence-electron chi connectivity index (χ2n) is 4.68. The first kappa shape index (κ1) is 19.5. The van der Waals surface area contributed by atoms with Crippen LogP contribution in [0.25, 0.3) is 0 Å². The highest BCUT2D eigenvalue weighted by molar-refractivity contribution is 5.81. The highest BCUT2D eigenvalue weighted by Crippen LogP contribution is 2.18. The maximum Gasteiger partial charge on any atom is 0.390 e. The van der Waals surface area contributed by atoms with E-state index < -0.39 is 12.6 Å². The first-order valence-electron chi connectivity index (χ1n) is 7.16. The standard InChI is InChI=1S/C13H25F3N4O/c1-4-10(3)20-11(21)6-8-18-12(17-5-2)19-9-7-13(14,15)16/h10H,4-9H2,1-3H3,(H,20,21)(H2,17,18,19). The summed E-state index contributed by atoms with van der Waals surface area (Å²) >= 11 is 0. The number of amides is 1. The molecule has 0 aliphatic carbocycles. The molecule has 1 amide bonds. The fourth-order valence-electron chi connectivity index (χ4n) is 1.38. The van der Waals surface area contributed by atoms with Crippen LogP contribution in [0.2, 0.25) is 0 Å². The number of aliphatic imine (C=N–C) groups is 1. The zero-order valence-corrected chi connectivity index (χ0v) is 12.8. The van der Waals surface area contributed by atoms with E-state index in [1.807, 2.05) is 20.8 Å². The van der Waals surface area contributed by atoms with Crippen molar-refractivity contribution in [3.63, 3.8) is 0 Å². The fraction of sp³-hybridized carbons (Fsp3) is 0.846. The van der Waals surface area contributed by atoms with E-state index in [2.05, 4.69) is 20.9 Å². The SMILES string of the molecule is CCNC(=NCCC(F)(F)F)NCCC(=O)NC(C)CC. The van der Waals surface area contributed by atoms with Gasteiger partial charge in [0.05, 0.1) is 13.0 Å². The molecule has 1 atom stereocenters. The number of halogens is 3. The van der Waals surface area contributed by atoms with Crippen molar-refractivity contribution < 1.29 is 18.0 Å². The Labute approximate surface area is 123 Å². The van der Waals surface area contributed by atoms with Crippen LogP contribution in [0.4, 0.5) is 13.2 Å². The van der Waals surface area contributed by atoms with Crippen LogP contribution >= 0.6 is 0 Å². The number of carbonyl (C=O) groups excluding carboxylic acids is 1. The highest BCUT2D eigenvalue weighted by Gasteiger charge is 2.26. The van der Waals surface area contributed by atoms with Crippen LogP contribution in [0.3, 0.4) is 0 Å². The normalized spacial score (nSPS) is 13.7. The van der Waals surface area contributed by atoms with E-state index in [1.165, 1.54) is 0 Å². The van der Waals surface area contributed by atoms with Gasteiger partial charge >= 0.3 is 6.18 Å². The molecule has 0 saturated heterocycles. The van der Waals surface area contributed by atoms with E-state index in [0.717, 1.165) is 6.42 Å². The molecule has 21 heavy (non-hydrogen) atoms. The minimum atomic E-state index is -4.21. The molecule has 0 aliphatic rings. The molecule has 124 valence electrons. The quantitative estimate of drug-likeness (QED) is 0.473. The topological polar surface area (TPSA) is 65.5 Å². The molecule has 1 unspecified atom stereocenters. The largest absolute Gasteiger partial charge is 0.390 e. The van der Waals surface area contributed by atoms with Gasteiger partial charge in [0.15, 0.2) is 5.96 Å². The molecule has 0 heterocycles. The van der Waals surface area contributed by atoms with Gasteiger partial charge in [0.2, 0.25) is 5.91 Å². The Kier molecular flexibility index (Phi) is 9.56. The summed E-state index contributed by atoms with van der Waals surface area (Å²) in [6.07, 6.45) is -4.08. The molecule has 0 fully saturated rings. The smallest absolute Gasteiger partial charge is 0.357 e. The summed E-state index contributed by atoms with van der Waals surface area (Å²) in [7, 11) is 0. The van der Waals surface area contributed by atoms with Crippen molar-refractivity contribution in [1.29, 1.82) is 0 Å². The molecule has 0 spiro atoms. The Morgan fingerprint density at radius 3 is 2.43 bits per heavy atom. The molecular formula is C13H25F3N4O. The van der Waals surface area contributed by atoms with Crippen molar-refractivity contribution in [2.24, 2.45) is 4.99 Å². The number of guanidine groups is 1. The first-order valence-corrected chi connectivity index (χ1v) is 7.16. The van der Waals surface area contributed by atoms with Gasteiger partial charge in [-0.15, -0.1) is 0 Å². The van der Waals surface area contributed by atoms with Gasteiger partial charge in [-0.3, -0.25) is 9.79 Å². The number of alkyl halides is 3. The average molecular weight is 310 g/mol. The summed E-state index contributed by atoms with van der Waals surface area (Å²) in [6.45, 7) is 6.22. The van der Waals surface area contributed by atoms with Crippen molar-refractivity contribution in [3.8, 4) is 0 Å². The molecule has 0 aromatic heterocycles. The molecule has 0 rings (SSSR count). The van der Waals surface area contributed by atoms with E-state index >= 15 is 0 Å². The van der Waals surface area contributed by atoms with Crippen LogP contribution in [0.5, 0.6) is 0 Å². The van der Waals surface area contributed by atoms with Gasteiger partial charge in [-0.1, -0.05) is 6.92 Å². The maximum absolute atomic E-state index is 12.0. The van der Waals surface area contributed by atoms with Gasteiger partial charge in [0.25, 0.3) is 0 Å². The lowest BCUT2D eigenvalue weighted by molar-refractivity contribution is -0.132. The molecule has 3 N–H and O–H groups in total. The Morgan fingerprint density at radius 1 is 1.24 bits per heavy atom. The van der Waals surface area contributed by atoms with E-state index in [9.17, 15) is 18.0 Å². The Bertz CT molecular complexity index is 332. The zero-order chi connectivity index (χ0) is 16.3. The number of carbonyl (C=O) groups is 1. The van der Waals surface area contributed by atoms with Gasteiger partial charge in [0, 0.05) is 25.6 Å². The third kappa shape index (κ3) is 12.0. The van der Waals surface area contributed by atoms with E-state index in [1.54, 1.807) is 0 Å². The van der Waals surface area contributed by atoms with Crippen molar-refractivity contribution in [2.45, 2.75) is 52.3 Å². The highest BCUT2D eigenvalue weighted by atomic mass is 19.4. The van der Waals surface area contributed by atoms with Crippen molar-refractivity contribution in [1.82, 2.24) is 16.0 Å². The molecule has 0 aromatic carbocycles. The second-order valence-corrected chi connectivity index (χ2v) is 4.68. The Balaban J connectivity index is 4.09. The van der Waals surface area contributed by atoms with Gasteiger partial charge in [0.1, 0.15) is 0 Å². The van der Waals surface area contributed by atoms with E-state index in [0.29, 0.717) is 13.1 Å². The van der Waals surface area contributed by atoms with Gasteiger partial charge in [-0.05, 0) is 20.3 Å². The second kappa shape index (κ2) is 10.3. The van der Waals surface area contributed by atoms with E-state index in [4.69, 9.17) is 0 Å². The fourth-order valence-corrected chi connectivity index (χ4v) is 1.38. The summed E-state index contributed by atoms with van der Waals surface area (Å²) < 4.78 is 36.1. The van der Waals surface area contributed by atoms with Crippen molar-refractivity contribution in [3.05, 3.63) is 0 Å². The van der Waals surface area contributed by atoms with Gasteiger partial charge in [-0.2, -0.15) is 13.2 Å². The third-order valence-electron chi connectivity index (χ3n) is 2.67. The number of hydrogen-bond donors (Lipinski definition) is 3. The predicted octanol–water partition coefficient (Wildman–Crippen LogP) is 1.80. The van der Waals surface area contributed by atoms with Crippen LogP contribution < -0.4 is 16.0 Å². The lowest BCUT2D eigenvalue weighted by Crippen LogP contribution is -2.40. The molecule has 0 saturated carbocycles. The molecule has 8 heteroatoms. The summed E-state index contributed by atoms with van der Waals surface area (Å²) in [5, 5.41) is 8.48. The molecule has 5 nitrogen and oxygen atoms in total. The average Bonchev–Trinajstić information content (AvgIpc) is 2.37. The van der Waals surface area contributed by atoms with E-state index in [-0.39, 0.29) is 30.9 Å². The summed E-state index contributed by atoms with van der Waals surface area (Å²) in [4.78, 5) is 15.4. The summed E-state index contributed by atoms with van der Waals surface area (Å²) in [5.41, 5.74) is 0. The maximum atomic E-state index is 12.0.